The molecule has 4 nitrogen and oxygen atoms in total. The maximum absolute atomic E-state index is 12.2. The van der Waals surface area contributed by atoms with E-state index < -0.39 is 5.97 Å². The first-order valence-electron chi connectivity index (χ1n) is 8.97. The maximum atomic E-state index is 12.2. The summed E-state index contributed by atoms with van der Waals surface area (Å²) in [6.07, 6.45) is 1.54. The summed E-state index contributed by atoms with van der Waals surface area (Å²) in [4.78, 5) is 12.2. The van der Waals surface area contributed by atoms with Gasteiger partial charge in [-0.1, -0.05) is 55.1 Å². The second-order valence-corrected chi connectivity index (χ2v) is 7.19. The summed E-state index contributed by atoms with van der Waals surface area (Å²) < 4.78 is 17.8. The van der Waals surface area contributed by atoms with E-state index in [1.165, 1.54) is 11.5 Å². The zero-order valence-electron chi connectivity index (χ0n) is 15.6. The summed E-state index contributed by atoms with van der Waals surface area (Å²) in [5, 5.41) is 2.33. The summed E-state index contributed by atoms with van der Waals surface area (Å²) in [6, 6.07) is 17.8. The zero-order chi connectivity index (χ0) is 19.9. The van der Waals surface area contributed by atoms with Crippen molar-refractivity contribution in [3.05, 3.63) is 81.9 Å². The van der Waals surface area contributed by atoms with Gasteiger partial charge in [0.05, 0.1) is 15.7 Å². The first-order valence-corrected chi connectivity index (χ1v) is 10.1. The van der Waals surface area contributed by atoms with Gasteiger partial charge in [-0.2, -0.15) is 0 Å². The van der Waals surface area contributed by atoms with Crippen LogP contribution in [0.25, 0.3) is 10.8 Å². The van der Waals surface area contributed by atoms with Crippen LogP contribution in [-0.4, -0.2) is 19.2 Å². The van der Waals surface area contributed by atoms with Crippen molar-refractivity contribution < 1.29 is 19.0 Å². The van der Waals surface area contributed by atoms with Crippen LogP contribution in [0.1, 0.15) is 22.8 Å². The Morgan fingerprint density at radius 1 is 1.11 bits per heavy atom. The minimum atomic E-state index is -0.417. The number of hydrogen-bond donors (Lipinski definition) is 0. The number of fused-ring (bicyclic) bond motifs is 1. The molecule has 0 fully saturated rings. The molecule has 0 spiro atoms. The van der Waals surface area contributed by atoms with Crippen molar-refractivity contribution in [3.63, 3.8) is 0 Å². The third-order valence-electron chi connectivity index (χ3n) is 4.13. The van der Waals surface area contributed by atoms with Crippen molar-refractivity contribution in [2.75, 3.05) is 13.2 Å². The maximum Gasteiger partial charge on any atom is 0.338 e. The fourth-order valence-corrected chi connectivity index (χ4v) is 3.63. The molecule has 0 aliphatic carbocycles. The van der Waals surface area contributed by atoms with Crippen molar-refractivity contribution in [2.45, 2.75) is 13.5 Å². The molecule has 3 aromatic rings. The highest BCUT2D eigenvalue weighted by atomic mass is 127. The highest BCUT2D eigenvalue weighted by Crippen LogP contribution is 2.35. The van der Waals surface area contributed by atoms with Gasteiger partial charge < -0.3 is 14.2 Å². The zero-order valence-corrected chi connectivity index (χ0v) is 17.8. The first kappa shape index (κ1) is 20.2. The topological polar surface area (TPSA) is 44.8 Å². The van der Waals surface area contributed by atoms with Crippen LogP contribution in [0.15, 0.2) is 67.3 Å². The molecule has 0 aliphatic heterocycles. The van der Waals surface area contributed by atoms with E-state index in [2.05, 4.69) is 53.4 Å². The highest BCUT2D eigenvalue weighted by molar-refractivity contribution is 14.1. The van der Waals surface area contributed by atoms with Crippen LogP contribution in [-0.2, 0) is 11.3 Å². The molecule has 0 aliphatic rings. The fourth-order valence-electron chi connectivity index (χ4n) is 2.88. The van der Waals surface area contributed by atoms with Gasteiger partial charge in [0.2, 0.25) is 0 Å². The van der Waals surface area contributed by atoms with E-state index in [9.17, 15) is 4.79 Å². The molecule has 28 heavy (non-hydrogen) atoms. The summed E-state index contributed by atoms with van der Waals surface area (Å²) in [5.74, 6) is 0.732. The van der Waals surface area contributed by atoms with Crippen LogP contribution < -0.4 is 9.47 Å². The minimum absolute atomic E-state index is 0.165. The minimum Gasteiger partial charge on any atom is -0.490 e. The molecule has 0 amide bonds. The number of halogens is 1. The van der Waals surface area contributed by atoms with Crippen LogP contribution in [0.2, 0.25) is 0 Å². The second kappa shape index (κ2) is 9.59. The predicted molar refractivity (Wildman–Crippen MR) is 119 cm³/mol. The summed E-state index contributed by atoms with van der Waals surface area (Å²) >= 11 is 2.15. The molecule has 0 saturated carbocycles. The lowest BCUT2D eigenvalue weighted by Gasteiger charge is -2.16. The predicted octanol–water partition coefficient (Wildman–Crippen LogP) is 5.76. The standard InChI is InChI=1S/C23H21IO4/c1-3-12-27-23(25)18-13-20(24)22(21(14-18)26-4-2)28-15-17-10-7-9-16-8-5-6-11-19(16)17/h3,5-11,13-14H,1,4,12,15H2,2H3. The Morgan fingerprint density at radius 2 is 1.89 bits per heavy atom. The van der Waals surface area contributed by atoms with Crippen LogP contribution in [0.4, 0.5) is 0 Å². The van der Waals surface area contributed by atoms with E-state index in [4.69, 9.17) is 14.2 Å². The van der Waals surface area contributed by atoms with Crippen molar-refractivity contribution in [1.29, 1.82) is 0 Å². The van der Waals surface area contributed by atoms with Gasteiger partial charge in [-0.3, -0.25) is 0 Å². The van der Waals surface area contributed by atoms with Crippen molar-refractivity contribution >= 4 is 39.3 Å². The number of carbonyl (C=O) groups is 1. The number of benzene rings is 3. The van der Waals surface area contributed by atoms with Gasteiger partial charge in [-0.25, -0.2) is 4.79 Å². The van der Waals surface area contributed by atoms with E-state index in [-0.39, 0.29) is 6.61 Å². The molecule has 5 heteroatoms. The molecule has 0 bridgehead atoms. The lowest BCUT2D eigenvalue weighted by molar-refractivity contribution is 0.0549. The van der Waals surface area contributed by atoms with E-state index in [1.54, 1.807) is 12.1 Å². The molecule has 144 valence electrons. The summed E-state index contributed by atoms with van der Waals surface area (Å²) in [6.45, 7) is 6.48. The number of carbonyl (C=O) groups excluding carboxylic acids is 1. The Balaban J connectivity index is 1.88. The lowest BCUT2D eigenvalue weighted by Crippen LogP contribution is -2.08. The number of esters is 1. The Bertz CT molecular complexity index is 992. The van der Waals surface area contributed by atoms with Gasteiger partial charge in [0.25, 0.3) is 0 Å². The molecular formula is C23H21IO4. The van der Waals surface area contributed by atoms with Gasteiger partial charge >= 0.3 is 5.97 Å². The van der Waals surface area contributed by atoms with Gasteiger partial charge in [0, 0.05) is 0 Å². The van der Waals surface area contributed by atoms with Crippen LogP contribution in [0.5, 0.6) is 11.5 Å². The average molecular weight is 488 g/mol. The number of rotatable bonds is 8. The summed E-state index contributed by atoms with van der Waals surface area (Å²) in [5.41, 5.74) is 1.51. The van der Waals surface area contributed by atoms with Crippen LogP contribution in [0.3, 0.4) is 0 Å². The lowest BCUT2D eigenvalue weighted by atomic mass is 10.1. The van der Waals surface area contributed by atoms with Crippen molar-refractivity contribution in [3.8, 4) is 11.5 Å². The molecular weight excluding hydrogens is 467 g/mol. The quantitative estimate of drug-likeness (QED) is 0.230. The third kappa shape index (κ3) is 4.65. The molecule has 3 rings (SSSR count). The Hall–Kier alpha value is -2.54. The van der Waals surface area contributed by atoms with E-state index >= 15 is 0 Å². The molecule has 0 aromatic heterocycles. The molecule has 0 N–H and O–H groups in total. The third-order valence-corrected chi connectivity index (χ3v) is 4.93. The summed E-state index contributed by atoms with van der Waals surface area (Å²) in [7, 11) is 0. The monoisotopic (exact) mass is 488 g/mol. The fraction of sp³-hybridized carbons (Fsp3) is 0.174. The molecule has 0 radical (unpaired) electrons. The average Bonchev–Trinajstić information content (AvgIpc) is 2.71. The second-order valence-electron chi connectivity index (χ2n) is 6.03. The van der Waals surface area contributed by atoms with Gasteiger partial charge in [0.1, 0.15) is 13.2 Å². The molecule has 0 saturated heterocycles. The van der Waals surface area contributed by atoms with Crippen molar-refractivity contribution in [1.82, 2.24) is 0 Å². The smallest absolute Gasteiger partial charge is 0.338 e. The van der Waals surface area contributed by atoms with Gasteiger partial charge in [0.15, 0.2) is 11.5 Å². The van der Waals surface area contributed by atoms with Crippen LogP contribution >= 0.6 is 22.6 Å². The Morgan fingerprint density at radius 3 is 2.68 bits per heavy atom. The normalized spacial score (nSPS) is 10.5. The van der Waals surface area contributed by atoms with E-state index in [0.717, 1.165) is 14.5 Å². The molecule has 0 atom stereocenters. The largest absolute Gasteiger partial charge is 0.490 e. The first-order chi connectivity index (χ1) is 13.6. The van der Waals surface area contributed by atoms with E-state index in [1.807, 2.05) is 25.1 Å². The molecule has 0 heterocycles. The highest BCUT2D eigenvalue weighted by Gasteiger charge is 2.17. The molecule has 3 aromatic carbocycles. The Kier molecular flexibility index (Phi) is 6.92. The number of ether oxygens (including phenoxy) is 3. The van der Waals surface area contributed by atoms with Crippen LogP contribution in [0, 0.1) is 3.57 Å². The number of hydrogen-bond acceptors (Lipinski definition) is 4. The van der Waals surface area contributed by atoms with Gasteiger partial charge in [-0.05, 0) is 58.0 Å². The van der Waals surface area contributed by atoms with Gasteiger partial charge in [-0.15, -0.1) is 0 Å². The SMILES string of the molecule is C=CCOC(=O)c1cc(I)c(OCc2cccc3ccccc23)c(OCC)c1. The van der Waals surface area contributed by atoms with Crippen molar-refractivity contribution in [2.24, 2.45) is 0 Å². The molecule has 0 unspecified atom stereocenters. The Labute approximate surface area is 178 Å². The van der Waals surface area contributed by atoms with E-state index in [0.29, 0.717) is 30.3 Å².